The van der Waals surface area contributed by atoms with Gasteiger partial charge in [-0.25, -0.2) is 0 Å². The zero-order valence-electron chi connectivity index (χ0n) is 10.7. The third-order valence-electron chi connectivity index (χ3n) is 3.83. The minimum absolute atomic E-state index is 0.00951. The van der Waals surface area contributed by atoms with E-state index in [4.69, 9.17) is 4.74 Å². The van der Waals surface area contributed by atoms with Crippen LogP contribution in [0, 0.1) is 23.7 Å². The first-order valence-electron chi connectivity index (χ1n) is 6.52. The maximum atomic E-state index is 12.1. The molecular formula is C14H19NO4. The quantitative estimate of drug-likeness (QED) is 0.528. The van der Waals surface area contributed by atoms with Crippen LogP contribution in [-0.2, 0) is 14.3 Å². The van der Waals surface area contributed by atoms with E-state index in [-0.39, 0.29) is 17.7 Å². The molecule has 0 aromatic carbocycles. The maximum Gasteiger partial charge on any atom is 0.307 e. The Balaban J connectivity index is 1.86. The van der Waals surface area contributed by atoms with Crippen LogP contribution in [-0.4, -0.2) is 36.7 Å². The number of carboxylic acids is 1. The van der Waals surface area contributed by atoms with Crippen molar-refractivity contribution in [2.75, 3.05) is 19.8 Å². The van der Waals surface area contributed by atoms with Crippen molar-refractivity contribution in [3.8, 4) is 0 Å². The highest BCUT2D eigenvalue weighted by Crippen LogP contribution is 2.48. The normalized spacial score (nSPS) is 31.4. The van der Waals surface area contributed by atoms with E-state index >= 15 is 0 Å². The molecule has 19 heavy (non-hydrogen) atoms. The van der Waals surface area contributed by atoms with Crippen molar-refractivity contribution >= 4 is 11.9 Å². The Morgan fingerprint density at radius 3 is 2.68 bits per heavy atom. The summed E-state index contributed by atoms with van der Waals surface area (Å²) in [5.41, 5.74) is 0. The van der Waals surface area contributed by atoms with Crippen molar-refractivity contribution in [3.63, 3.8) is 0 Å². The molecule has 0 heterocycles. The van der Waals surface area contributed by atoms with Gasteiger partial charge in [0.15, 0.2) is 0 Å². The molecule has 0 aliphatic heterocycles. The van der Waals surface area contributed by atoms with Crippen LogP contribution >= 0.6 is 0 Å². The average Bonchev–Trinajstić information content (AvgIpc) is 2.98. The van der Waals surface area contributed by atoms with Gasteiger partial charge in [0.05, 0.1) is 25.0 Å². The molecule has 0 spiro atoms. The summed E-state index contributed by atoms with van der Waals surface area (Å²) in [5.74, 6) is -1.99. The molecule has 0 aromatic heterocycles. The van der Waals surface area contributed by atoms with Gasteiger partial charge >= 0.3 is 5.97 Å². The smallest absolute Gasteiger partial charge is 0.307 e. The molecule has 2 aliphatic carbocycles. The lowest BCUT2D eigenvalue weighted by Crippen LogP contribution is -2.41. The van der Waals surface area contributed by atoms with Gasteiger partial charge in [-0.05, 0) is 18.3 Å². The van der Waals surface area contributed by atoms with Crippen LogP contribution < -0.4 is 5.32 Å². The van der Waals surface area contributed by atoms with Gasteiger partial charge in [-0.15, -0.1) is 6.58 Å². The summed E-state index contributed by atoms with van der Waals surface area (Å²) < 4.78 is 5.17. The van der Waals surface area contributed by atoms with E-state index < -0.39 is 17.8 Å². The van der Waals surface area contributed by atoms with Crippen molar-refractivity contribution in [2.45, 2.75) is 6.42 Å². The minimum Gasteiger partial charge on any atom is -0.481 e. The standard InChI is InChI=1S/C14H19NO4/c1-2-6-19-7-5-15-13(16)11-9-3-4-10(8-9)12(11)14(17)18/h2-4,9-12H,1,5-8H2,(H,15,16)(H,17,18)/t9-,10+,11-,12+/m1/s1. The highest BCUT2D eigenvalue weighted by Gasteiger charge is 2.51. The van der Waals surface area contributed by atoms with Gasteiger partial charge in [0, 0.05) is 6.54 Å². The molecule has 1 amide bonds. The van der Waals surface area contributed by atoms with Crippen LogP contribution in [0.5, 0.6) is 0 Å². The Morgan fingerprint density at radius 2 is 2.05 bits per heavy atom. The predicted octanol–water partition coefficient (Wildman–Crippen LogP) is 0.828. The molecule has 5 nitrogen and oxygen atoms in total. The first-order chi connectivity index (χ1) is 9.15. The van der Waals surface area contributed by atoms with Crippen LogP contribution in [0.15, 0.2) is 24.8 Å². The minimum atomic E-state index is -0.875. The van der Waals surface area contributed by atoms with E-state index in [0.717, 1.165) is 6.42 Å². The van der Waals surface area contributed by atoms with Crippen molar-refractivity contribution in [2.24, 2.45) is 23.7 Å². The average molecular weight is 265 g/mol. The zero-order valence-corrected chi connectivity index (χ0v) is 10.7. The van der Waals surface area contributed by atoms with Crippen molar-refractivity contribution in [3.05, 3.63) is 24.8 Å². The van der Waals surface area contributed by atoms with E-state index in [0.29, 0.717) is 19.8 Å². The molecule has 2 N–H and O–H groups in total. The maximum absolute atomic E-state index is 12.1. The first kappa shape index (κ1) is 13.8. The van der Waals surface area contributed by atoms with Gasteiger partial charge in [-0.2, -0.15) is 0 Å². The number of aliphatic carboxylic acids is 1. The summed E-state index contributed by atoms with van der Waals surface area (Å²) in [6, 6.07) is 0. The molecule has 0 radical (unpaired) electrons. The van der Waals surface area contributed by atoms with Crippen LogP contribution in [0.1, 0.15) is 6.42 Å². The summed E-state index contributed by atoms with van der Waals surface area (Å²) in [7, 11) is 0. The topological polar surface area (TPSA) is 75.6 Å². The number of nitrogens with one attached hydrogen (secondary N) is 1. The largest absolute Gasteiger partial charge is 0.481 e. The van der Waals surface area contributed by atoms with Gasteiger partial charge in [0.25, 0.3) is 0 Å². The van der Waals surface area contributed by atoms with Crippen molar-refractivity contribution < 1.29 is 19.4 Å². The van der Waals surface area contributed by atoms with Gasteiger partial charge in [0.1, 0.15) is 0 Å². The molecule has 0 aromatic rings. The van der Waals surface area contributed by atoms with Gasteiger partial charge in [0.2, 0.25) is 5.91 Å². The summed E-state index contributed by atoms with van der Waals surface area (Å²) >= 11 is 0. The molecular weight excluding hydrogens is 246 g/mol. The molecule has 1 fully saturated rings. The number of amides is 1. The lowest BCUT2D eigenvalue weighted by Gasteiger charge is -2.23. The monoisotopic (exact) mass is 265 g/mol. The van der Waals surface area contributed by atoms with Crippen LogP contribution in [0.4, 0.5) is 0 Å². The number of carbonyl (C=O) groups is 2. The molecule has 1 saturated carbocycles. The molecule has 0 unspecified atom stereocenters. The fourth-order valence-electron chi connectivity index (χ4n) is 3.05. The number of carboxylic acid groups (broad SMARTS) is 1. The third-order valence-corrected chi connectivity index (χ3v) is 3.83. The Kier molecular flexibility index (Phi) is 4.37. The van der Waals surface area contributed by atoms with E-state index in [2.05, 4.69) is 11.9 Å². The van der Waals surface area contributed by atoms with Crippen LogP contribution in [0.2, 0.25) is 0 Å². The van der Waals surface area contributed by atoms with Gasteiger partial charge in [-0.3, -0.25) is 9.59 Å². The van der Waals surface area contributed by atoms with Crippen LogP contribution in [0.3, 0.4) is 0 Å². The Morgan fingerprint density at radius 1 is 1.37 bits per heavy atom. The second-order valence-corrected chi connectivity index (χ2v) is 4.99. The number of hydrogen-bond acceptors (Lipinski definition) is 3. The first-order valence-corrected chi connectivity index (χ1v) is 6.52. The highest BCUT2D eigenvalue weighted by atomic mass is 16.5. The summed E-state index contributed by atoms with van der Waals surface area (Å²) in [5, 5.41) is 12.0. The molecule has 5 heteroatoms. The fourth-order valence-corrected chi connectivity index (χ4v) is 3.05. The Labute approximate surface area is 112 Å². The summed E-state index contributed by atoms with van der Waals surface area (Å²) in [6.45, 7) is 4.78. The second kappa shape index (κ2) is 6.02. The molecule has 4 atom stereocenters. The predicted molar refractivity (Wildman–Crippen MR) is 69.4 cm³/mol. The third kappa shape index (κ3) is 2.87. The number of ether oxygens (including phenoxy) is 1. The number of allylic oxidation sites excluding steroid dienone is 2. The van der Waals surface area contributed by atoms with Gasteiger partial charge in [-0.1, -0.05) is 18.2 Å². The zero-order chi connectivity index (χ0) is 13.8. The fraction of sp³-hybridized carbons (Fsp3) is 0.571. The molecule has 2 aliphatic rings. The highest BCUT2D eigenvalue weighted by molar-refractivity contribution is 5.86. The van der Waals surface area contributed by atoms with Crippen molar-refractivity contribution in [1.82, 2.24) is 5.32 Å². The van der Waals surface area contributed by atoms with Crippen molar-refractivity contribution in [1.29, 1.82) is 0 Å². The van der Waals surface area contributed by atoms with Gasteiger partial charge < -0.3 is 15.2 Å². The second-order valence-electron chi connectivity index (χ2n) is 4.99. The molecule has 2 rings (SSSR count). The van der Waals surface area contributed by atoms with E-state index in [1.165, 1.54) is 0 Å². The summed E-state index contributed by atoms with van der Waals surface area (Å²) in [6.07, 6.45) is 6.33. The SMILES string of the molecule is C=CCOCCNC(=O)[C@H]1[C@@H](C(=O)O)[C@H]2C=C[C@@H]1C2. The van der Waals surface area contributed by atoms with E-state index in [9.17, 15) is 14.7 Å². The van der Waals surface area contributed by atoms with Crippen LogP contribution in [0.25, 0.3) is 0 Å². The Hall–Kier alpha value is -1.62. The number of hydrogen-bond donors (Lipinski definition) is 2. The van der Waals surface area contributed by atoms with E-state index in [1.54, 1.807) is 6.08 Å². The van der Waals surface area contributed by atoms with E-state index in [1.807, 2.05) is 12.2 Å². The summed E-state index contributed by atoms with van der Waals surface area (Å²) in [4.78, 5) is 23.4. The number of fused-ring (bicyclic) bond motifs is 2. The lowest BCUT2D eigenvalue weighted by atomic mass is 9.82. The Bertz CT molecular complexity index is 404. The number of carbonyl (C=O) groups excluding carboxylic acids is 1. The number of rotatable bonds is 7. The molecule has 2 bridgehead atoms. The lowest BCUT2D eigenvalue weighted by molar-refractivity contribution is -0.147. The molecule has 0 saturated heterocycles. The molecule has 104 valence electrons.